The highest BCUT2D eigenvalue weighted by molar-refractivity contribution is 9.10. The van der Waals surface area contributed by atoms with Gasteiger partial charge in [0.15, 0.2) is 5.82 Å². The second-order valence-electron chi connectivity index (χ2n) is 5.21. The third-order valence-corrected chi connectivity index (χ3v) is 4.75. The summed E-state index contributed by atoms with van der Waals surface area (Å²) in [5, 5.41) is 21.1. The number of carbonyl (C=O) groups is 1. The number of carboxylic acids is 1. The Morgan fingerprint density at radius 3 is 2.95 bits per heavy atom. The molecule has 106 valence electrons. The van der Waals surface area contributed by atoms with Crippen molar-refractivity contribution in [1.29, 1.82) is 5.26 Å². The summed E-state index contributed by atoms with van der Waals surface area (Å²) in [6.07, 6.45) is 2.04. The van der Waals surface area contributed by atoms with Crippen molar-refractivity contribution < 1.29 is 14.3 Å². The Hall–Kier alpha value is -1.61. The highest BCUT2D eigenvalue weighted by Crippen LogP contribution is 2.40. The van der Waals surface area contributed by atoms with Gasteiger partial charge in [0.05, 0.1) is 21.1 Å². The minimum absolute atomic E-state index is 0.0972. The van der Waals surface area contributed by atoms with Crippen molar-refractivity contribution in [2.24, 2.45) is 5.41 Å². The normalized spacial score (nSPS) is 25.2. The quantitative estimate of drug-likeness (QED) is 0.882. The minimum atomic E-state index is -0.896. The third kappa shape index (κ3) is 2.38. The number of nitriles is 1. The van der Waals surface area contributed by atoms with Gasteiger partial charge in [0.1, 0.15) is 6.07 Å². The van der Waals surface area contributed by atoms with Gasteiger partial charge in [0.2, 0.25) is 0 Å². The molecular formula is C14H14BrFN2O2. The second-order valence-corrected chi connectivity index (χ2v) is 6.01. The lowest BCUT2D eigenvalue weighted by Crippen LogP contribution is -2.40. The molecule has 1 aromatic rings. The van der Waals surface area contributed by atoms with Crippen LogP contribution in [0.2, 0.25) is 0 Å². The first-order valence-corrected chi connectivity index (χ1v) is 7.07. The topological polar surface area (TPSA) is 73.1 Å². The molecule has 0 radical (unpaired) electrons. The fraction of sp³-hybridized carbons (Fsp3) is 0.429. The van der Waals surface area contributed by atoms with Crippen molar-refractivity contribution in [3.8, 4) is 6.07 Å². The van der Waals surface area contributed by atoms with Gasteiger partial charge in [-0.3, -0.25) is 4.79 Å². The van der Waals surface area contributed by atoms with Gasteiger partial charge in [-0.25, -0.2) is 4.39 Å². The highest BCUT2D eigenvalue weighted by atomic mass is 79.9. The lowest BCUT2D eigenvalue weighted by atomic mass is 9.85. The molecule has 2 rings (SSSR count). The van der Waals surface area contributed by atoms with Crippen LogP contribution in [0.3, 0.4) is 0 Å². The standard InChI is InChI=1S/C14H14BrFN2O2/c1-14(13(19)20)6-2-3-10(14)18-9-5-4-8(7-17)11(15)12(9)16/h4-5,10,18H,2-3,6H2,1H3,(H,19,20). The number of nitrogens with zero attached hydrogens (tertiary/aromatic N) is 1. The van der Waals surface area contributed by atoms with Crippen LogP contribution in [0.1, 0.15) is 31.7 Å². The van der Waals surface area contributed by atoms with E-state index >= 15 is 0 Å². The summed E-state index contributed by atoms with van der Waals surface area (Å²) in [6.45, 7) is 1.68. The molecule has 20 heavy (non-hydrogen) atoms. The molecule has 1 aliphatic carbocycles. The molecule has 2 atom stereocenters. The monoisotopic (exact) mass is 340 g/mol. The molecule has 1 aromatic carbocycles. The number of carboxylic acid groups (broad SMARTS) is 1. The van der Waals surface area contributed by atoms with Gasteiger partial charge < -0.3 is 10.4 Å². The first kappa shape index (κ1) is 14.8. The Kier molecular flexibility index (Phi) is 4.00. The maximum Gasteiger partial charge on any atom is 0.311 e. The molecule has 2 N–H and O–H groups in total. The van der Waals surface area contributed by atoms with E-state index in [0.29, 0.717) is 12.8 Å². The number of nitrogens with one attached hydrogen (secondary N) is 1. The summed E-state index contributed by atoms with van der Waals surface area (Å²) in [5.74, 6) is -1.44. The molecule has 0 aliphatic heterocycles. The van der Waals surface area contributed by atoms with Crippen molar-refractivity contribution in [3.05, 3.63) is 28.0 Å². The van der Waals surface area contributed by atoms with Gasteiger partial charge in [-0.05, 0) is 47.8 Å². The molecule has 1 fully saturated rings. The molecule has 1 saturated carbocycles. The number of anilines is 1. The Bertz CT molecular complexity index is 600. The summed E-state index contributed by atoms with van der Waals surface area (Å²) in [6, 6.07) is 4.53. The smallest absolute Gasteiger partial charge is 0.311 e. The van der Waals surface area contributed by atoms with Crippen molar-refractivity contribution in [2.45, 2.75) is 32.2 Å². The maximum atomic E-state index is 14.1. The van der Waals surface area contributed by atoms with Crippen molar-refractivity contribution in [3.63, 3.8) is 0 Å². The van der Waals surface area contributed by atoms with E-state index in [-0.39, 0.29) is 21.8 Å². The molecule has 0 spiro atoms. The van der Waals surface area contributed by atoms with Crippen LogP contribution < -0.4 is 5.32 Å². The van der Waals surface area contributed by atoms with Crippen LogP contribution in [0.4, 0.5) is 10.1 Å². The second kappa shape index (κ2) is 5.41. The number of halogens is 2. The van der Waals surface area contributed by atoms with Gasteiger partial charge in [-0.1, -0.05) is 6.42 Å². The lowest BCUT2D eigenvalue weighted by Gasteiger charge is -2.28. The fourth-order valence-electron chi connectivity index (χ4n) is 2.59. The third-order valence-electron chi connectivity index (χ3n) is 3.98. The average molecular weight is 341 g/mol. The zero-order chi connectivity index (χ0) is 14.9. The number of aliphatic carboxylic acids is 1. The van der Waals surface area contributed by atoms with Crippen molar-refractivity contribution >= 4 is 27.6 Å². The summed E-state index contributed by atoms with van der Waals surface area (Å²) in [4.78, 5) is 11.4. The zero-order valence-electron chi connectivity index (χ0n) is 10.9. The van der Waals surface area contributed by atoms with Gasteiger partial charge in [-0.2, -0.15) is 5.26 Å². The first-order chi connectivity index (χ1) is 9.40. The van der Waals surface area contributed by atoms with E-state index in [1.807, 2.05) is 6.07 Å². The predicted molar refractivity (Wildman–Crippen MR) is 75.8 cm³/mol. The Morgan fingerprint density at radius 1 is 1.65 bits per heavy atom. The van der Waals surface area contributed by atoms with Gasteiger partial charge >= 0.3 is 5.97 Å². The van der Waals surface area contributed by atoms with E-state index in [0.717, 1.165) is 6.42 Å². The molecule has 6 heteroatoms. The number of rotatable bonds is 3. The summed E-state index contributed by atoms with van der Waals surface area (Å²) >= 11 is 3.04. The fourth-order valence-corrected chi connectivity index (χ4v) is 3.02. The van der Waals surface area contributed by atoms with Crippen LogP contribution in [0, 0.1) is 22.6 Å². The summed E-state index contributed by atoms with van der Waals surface area (Å²) in [7, 11) is 0. The Labute approximate surface area is 124 Å². The molecule has 0 aromatic heterocycles. The molecule has 0 saturated heterocycles. The summed E-state index contributed by atoms with van der Waals surface area (Å²) < 4.78 is 14.2. The highest BCUT2D eigenvalue weighted by Gasteiger charge is 2.45. The van der Waals surface area contributed by atoms with E-state index < -0.39 is 17.2 Å². The van der Waals surface area contributed by atoms with Gasteiger partial charge in [0.25, 0.3) is 0 Å². The molecular weight excluding hydrogens is 327 g/mol. The van der Waals surface area contributed by atoms with Crippen LogP contribution in [-0.4, -0.2) is 17.1 Å². The van der Waals surface area contributed by atoms with Crippen molar-refractivity contribution in [1.82, 2.24) is 0 Å². The minimum Gasteiger partial charge on any atom is -0.481 e. The lowest BCUT2D eigenvalue weighted by molar-refractivity contribution is -0.147. The van der Waals surface area contributed by atoms with Crippen LogP contribution in [-0.2, 0) is 4.79 Å². The van der Waals surface area contributed by atoms with Crippen LogP contribution in [0.25, 0.3) is 0 Å². The van der Waals surface area contributed by atoms with Crippen molar-refractivity contribution in [2.75, 3.05) is 5.32 Å². The van der Waals surface area contributed by atoms with Gasteiger partial charge in [0, 0.05) is 6.04 Å². The van der Waals surface area contributed by atoms with Crippen LogP contribution in [0.15, 0.2) is 16.6 Å². The molecule has 0 heterocycles. The Morgan fingerprint density at radius 2 is 2.35 bits per heavy atom. The van der Waals surface area contributed by atoms with E-state index in [2.05, 4.69) is 21.2 Å². The molecule has 0 bridgehead atoms. The number of hydrogen-bond donors (Lipinski definition) is 2. The summed E-state index contributed by atoms with van der Waals surface area (Å²) in [5.41, 5.74) is -0.469. The predicted octanol–water partition coefficient (Wildman–Crippen LogP) is 3.52. The first-order valence-electron chi connectivity index (χ1n) is 6.28. The molecule has 4 nitrogen and oxygen atoms in total. The SMILES string of the molecule is CC1(C(=O)O)CCCC1Nc1ccc(C#N)c(Br)c1F. The molecule has 0 amide bonds. The zero-order valence-corrected chi connectivity index (χ0v) is 12.5. The number of hydrogen-bond acceptors (Lipinski definition) is 3. The molecule has 1 aliphatic rings. The van der Waals surface area contributed by atoms with Crippen LogP contribution >= 0.6 is 15.9 Å². The number of benzene rings is 1. The van der Waals surface area contributed by atoms with E-state index in [4.69, 9.17) is 5.26 Å². The van der Waals surface area contributed by atoms with Gasteiger partial charge in [-0.15, -0.1) is 0 Å². The Balaban J connectivity index is 2.30. The average Bonchev–Trinajstić information content (AvgIpc) is 2.78. The maximum absolute atomic E-state index is 14.1. The van der Waals surface area contributed by atoms with E-state index in [9.17, 15) is 14.3 Å². The molecule has 2 unspecified atom stereocenters. The van der Waals surface area contributed by atoms with Crippen LogP contribution in [0.5, 0.6) is 0 Å². The van der Waals surface area contributed by atoms with E-state index in [1.54, 1.807) is 6.92 Å². The van der Waals surface area contributed by atoms with E-state index in [1.165, 1.54) is 12.1 Å². The largest absolute Gasteiger partial charge is 0.481 e.